The van der Waals surface area contributed by atoms with Gasteiger partial charge in [-0.3, -0.25) is 14.2 Å². The first-order valence-electron chi connectivity index (χ1n) is 7.79. The van der Waals surface area contributed by atoms with Gasteiger partial charge in [0.25, 0.3) is 5.56 Å². The van der Waals surface area contributed by atoms with Gasteiger partial charge in [0.05, 0.1) is 11.6 Å². The van der Waals surface area contributed by atoms with Crippen molar-refractivity contribution in [1.82, 2.24) is 9.13 Å². The third kappa shape index (κ3) is 4.41. The van der Waals surface area contributed by atoms with Crippen LogP contribution in [0.2, 0.25) is 5.02 Å². The van der Waals surface area contributed by atoms with Crippen LogP contribution in [0.5, 0.6) is 0 Å². The molecule has 0 spiro atoms. The zero-order chi connectivity index (χ0) is 20.5. The molecule has 0 aliphatic heterocycles. The van der Waals surface area contributed by atoms with Crippen molar-refractivity contribution in [2.75, 3.05) is 0 Å². The van der Waals surface area contributed by atoms with Gasteiger partial charge < -0.3 is 4.74 Å². The van der Waals surface area contributed by atoms with Crippen LogP contribution in [0.25, 0.3) is 5.69 Å². The van der Waals surface area contributed by atoms with Gasteiger partial charge in [-0.25, -0.2) is 9.36 Å². The minimum absolute atomic E-state index is 0.00863. The average Bonchev–Trinajstić information content (AvgIpc) is 2.56. The molecular weight excluding hydrogens is 389 g/mol. The molecule has 1 heterocycles. The fourth-order valence-electron chi connectivity index (χ4n) is 2.26. The molecule has 0 unspecified atom stereocenters. The lowest BCUT2D eigenvalue weighted by Crippen LogP contribution is -2.40. The van der Waals surface area contributed by atoms with Crippen molar-refractivity contribution >= 4 is 17.6 Å². The van der Waals surface area contributed by atoms with Crippen molar-refractivity contribution in [2.24, 2.45) is 13.0 Å². The Labute approximate surface area is 156 Å². The Kier molecular flexibility index (Phi) is 5.84. The fraction of sp³-hybridized carbons (Fsp3) is 0.353. The van der Waals surface area contributed by atoms with E-state index in [1.165, 1.54) is 18.2 Å². The number of alkyl halides is 3. The standard InChI is InChI=1S/C17H16ClF3N2O4/c1-9(2)15(25)27-8-10-6-11(4-5-12(10)18)23-14(24)7-13(17(19,20)21)22(3)16(23)26/h4-7,9H,8H2,1-3H3. The Morgan fingerprint density at radius 3 is 2.41 bits per heavy atom. The van der Waals surface area contributed by atoms with E-state index in [1.54, 1.807) is 13.8 Å². The highest BCUT2D eigenvalue weighted by Gasteiger charge is 2.35. The summed E-state index contributed by atoms with van der Waals surface area (Å²) >= 11 is 6.03. The van der Waals surface area contributed by atoms with Crippen LogP contribution in [0.15, 0.2) is 33.9 Å². The van der Waals surface area contributed by atoms with Gasteiger partial charge >= 0.3 is 17.8 Å². The zero-order valence-electron chi connectivity index (χ0n) is 14.6. The molecule has 0 bridgehead atoms. The van der Waals surface area contributed by atoms with Gasteiger partial charge in [-0.15, -0.1) is 0 Å². The first-order chi connectivity index (χ1) is 12.4. The Balaban J connectivity index is 2.52. The number of hydrogen-bond acceptors (Lipinski definition) is 4. The number of benzene rings is 1. The van der Waals surface area contributed by atoms with Crippen molar-refractivity contribution in [3.63, 3.8) is 0 Å². The number of esters is 1. The van der Waals surface area contributed by atoms with Crippen LogP contribution in [0.1, 0.15) is 25.1 Å². The molecule has 27 heavy (non-hydrogen) atoms. The van der Waals surface area contributed by atoms with Gasteiger partial charge in [0, 0.05) is 23.7 Å². The Hall–Kier alpha value is -2.55. The van der Waals surface area contributed by atoms with Crippen LogP contribution in [0.4, 0.5) is 13.2 Å². The van der Waals surface area contributed by atoms with Gasteiger partial charge in [0.15, 0.2) is 0 Å². The number of aromatic nitrogens is 2. The number of carbonyl (C=O) groups is 1. The van der Waals surface area contributed by atoms with Crippen LogP contribution >= 0.6 is 11.6 Å². The summed E-state index contributed by atoms with van der Waals surface area (Å²) in [4.78, 5) is 36.0. The number of halogens is 4. The summed E-state index contributed by atoms with van der Waals surface area (Å²) < 4.78 is 44.8. The van der Waals surface area contributed by atoms with Crippen LogP contribution in [0.3, 0.4) is 0 Å². The summed E-state index contributed by atoms with van der Waals surface area (Å²) in [6, 6.07) is 4.33. The minimum Gasteiger partial charge on any atom is -0.461 e. The Morgan fingerprint density at radius 2 is 1.85 bits per heavy atom. The smallest absolute Gasteiger partial charge is 0.431 e. The summed E-state index contributed by atoms with van der Waals surface area (Å²) in [6.45, 7) is 3.08. The van der Waals surface area contributed by atoms with E-state index in [1.807, 2.05) is 0 Å². The highest BCUT2D eigenvalue weighted by Crippen LogP contribution is 2.27. The summed E-state index contributed by atoms with van der Waals surface area (Å²) in [5.74, 6) is -0.837. The highest BCUT2D eigenvalue weighted by molar-refractivity contribution is 6.31. The van der Waals surface area contributed by atoms with E-state index < -0.39 is 29.1 Å². The summed E-state index contributed by atoms with van der Waals surface area (Å²) in [5, 5.41) is 0.215. The second-order valence-electron chi connectivity index (χ2n) is 6.08. The van der Waals surface area contributed by atoms with E-state index in [0.29, 0.717) is 20.8 Å². The van der Waals surface area contributed by atoms with E-state index in [0.717, 1.165) is 7.05 Å². The predicted octanol–water partition coefficient (Wildman–Crippen LogP) is 2.91. The summed E-state index contributed by atoms with van der Waals surface area (Å²) in [5.41, 5.74) is -3.35. The predicted molar refractivity (Wildman–Crippen MR) is 91.9 cm³/mol. The highest BCUT2D eigenvalue weighted by atomic mass is 35.5. The SMILES string of the molecule is CC(C)C(=O)OCc1cc(-n2c(=O)cc(C(F)(F)F)n(C)c2=O)ccc1Cl. The Morgan fingerprint density at radius 1 is 1.22 bits per heavy atom. The topological polar surface area (TPSA) is 70.3 Å². The lowest BCUT2D eigenvalue weighted by atomic mass is 10.2. The number of carbonyl (C=O) groups excluding carboxylic acids is 1. The molecule has 1 aromatic heterocycles. The molecular formula is C17H16ClF3N2O4. The van der Waals surface area contributed by atoms with E-state index in [4.69, 9.17) is 16.3 Å². The number of rotatable bonds is 4. The first kappa shape index (κ1) is 20.8. The van der Waals surface area contributed by atoms with E-state index in [-0.39, 0.29) is 23.2 Å². The van der Waals surface area contributed by atoms with Gasteiger partial charge in [-0.05, 0) is 18.2 Å². The van der Waals surface area contributed by atoms with Gasteiger partial charge in [-0.1, -0.05) is 25.4 Å². The molecule has 146 valence electrons. The second-order valence-corrected chi connectivity index (χ2v) is 6.49. The van der Waals surface area contributed by atoms with Crippen molar-refractivity contribution < 1.29 is 22.7 Å². The maximum Gasteiger partial charge on any atom is 0.431 e. The molecule has 1 aromatic carbocycles. The van der Waals surface area contributed by atoms with E-state index in [2.05, 4.69) is 0 Å². The molecule has 2 rings (SSSR count). The minimum atomic E-state index is -4.84. The number of nitrogens with zero attached hydrogens (tertiary/aromatic N) is 2. The van der Waals surface area contributed by atoms with Gasteiger partial charge in [0.2, 0.25) is 0 Å². The second kappa shape index (κ2) is 7.59. The quantitative estimate of drug-likeness (QED) is 0.735. The summed E-state index contributed by atoms with van der Waals surface area (Å²) in [6.07, 6.45) is -4.84. The monoisotopic (exact) mass is 404 g/mol. The molecule has 10 heteroatoms. The molecule has 2 aromatic rings. The van der Waals surface area contributed by atoms with Crippen molar-refractivity contribution in [2.45, 2.75) is 26.6 Å². The van der Waals surface area contributed by atoms with Crippen LogP contribution in [0, 0.1) is 5.92 Å². The molecule has 0 aliphatic carbocycles. The molecule has 0 fully saturated rings. The molecule has 0 amide bonds. The number of ether oxygens (including phenoxy) is 1. The lowest BCUT2D eigenvalue weighted by Gasteiger charge is -2.15. The zero-order valence-corrected chi connectivity index (χ0v) is 15.4. The van der Waals surface area contributed by atoms with E-state index in [9.17, 15) is 27.6 Å². The maximum atomic E-state index is 12.9. The molecule has 0 N–H and O–H groups in total. The van der Waals surface area contributed by atoms with Crippen molar-refractivity contribution in [3.05, 3.63) is 61.4 Å². The normalized spacial score (nSPS) is 11.7. The average molecular weight is 405 g/mol. The molecule has 0 saturated carbocycles. The van der Waals surface area contributed by atoms with Crippen LogP contribution < -0.4 is 11.2 Å². The molecule has 0 atom stereocenters. The van der Waals surface area contributed by atoms with Crippen LogP contribution in [-0.4, -0.2) is 15.1 Å². The fourth-order valence-corrected chi connectivity index (χ4v) is 2.43. The molecule has 0 radical (unpaired) electrons. The maximum absolute atomic E-state index is 12.9. The Bertz CT molecular complexity index is 993. The molecule has 0 aliphatic rings. The third-order valence-electron chi connectivity index (χ3n) is 3.74. The first-order valence-corrected chi connectivity index (χ1v) is 8.17. The van der Waals surface area contributed by atoms with Gasteiger partial charge in [0.1, 0.15) is 12.3 Å². The molecule has 6 nitrogen and oxygen atoms in total. The third-order valence-corrected chi connectivity index (χ3v) is 4.11. The number of hydrogen-bond donors (Lipinski definition) is 0. The van der Waals surface area contributed by atoms with Crippen LogP contribution in [-0.2, 0) is 29.4 Å². The largest absolute Gasteiger partial charge is 0.461 e. The summed E-state index contributed by atoms with van der Waals surface area (Å²) in [7, 11) is 0.919. The molecule has 0 saturated heterocycles. The lowest BCUT2D eigenvalue weighted by molar-refractivity contribution is -0.148. The van der Waals surface area contributed by atoms with Crippen molar-refractivity contribution in [3.8, 4) is 5.69 Å². The van der Waals surface area contributed by atoms with E-state index >= 15 is 0 Å². The van der Waals surface area contributed by atoms with Crippen molar-refractivity contribution in [1.29, 1.82) is 0 Å². The van der Waals surface area contributed by atoms with Gasteiger partial charge in [-0.2, -0.15) is 13.2 Å².